The SMILES string of the molecule is [2H][13C]([2H])(C/C=C\C/C=C\C/C=C\C/C=C\C/C=C\C/C=C\CC)[13C](=O)O. The molecule has 0 atom stereocenters. The molecule has 0 unspecified atom stereocenters. The van der Waals surface area contributed by atoms with Crippen LogP contribution in [-0.4, -0.2) is 11.1 Å². The monoisotopic (exact) mass is 332 g/mol. The van der Waals surface area contributed by atoms with Gasteiger partial charge in [-0.2, -0.15) is 0 Å². The number of hydrogen-bond acceptors (Lipinski definition) is 1. The number of carboxylic acids is 1. The Labute approximate surface area is 150 Å². The molecule has 132 valence electrons. The van der Waals surface area contributed by atoms with Gasteiger partial charge in [-0.05, 0) is 44.9 Å². The summed E-state index contributed by atoms with van der Waals surface area (Å²) >= 11 is 0. The van der Waals surface area contributed by atoms with E-state index in [0.717, 1.165) is 32.1 Å². The Kier molecular flexibility index (Phi) is 14.4. The molecular formula is C22H32O2. The summed E-state index contributed by atoms with van der Waals surface area (Å²) in [5.41, 5.74) is 0. The number of allylic oxidation sites excluding steroid dienone is 12. The summed E-state index contributed by atoms with van der Waals surface area (Å²) in [4.78, 5) is 10.6. The second-order valence-corrected chi connectivity index (χ2v) is 5.10. The molecule has 0 saturated carbocycles. The van der Waals surface area contributed by atoms with Crippen molar-refractivity contribution in [2.75, 3.05) is 0 Å². The van der Waals surface area contributed by atoms with Gasteiger partial charge in [0.1, 0.15) is 0 Å². The van der Waals surface area contributed by atoms with Gasteiger partial charge in [0.2, 0.25) is 0 Å². The third-order valence-corrected chi connectivity index (χ3v) is 2.97. The van der Waals surface area contributed by atoms with Crippen molar-refractivity contribution in [3.8, 4) is 0 Å². The van der Waals surface area contributed by atoms with Crippen molar-refractivity contribution in [3.05, 3.63) is 72.9 Å². The smallest absolute Gasteiger partial charge is 0.303 e. The molecule has 0 bridgehead atoms. The molecule has 24 heavy (non-hydrogen) atoms. The lowest BCUT2D eigenvalue weighted by Crippen LogP contribution is -1.91. The first-order valence-electron chi connectivity index (χ1n) is 9.64. The van der Waals surface area contributed by atoms with Crippen molar-refractivity contribution >= 4 is 5.97 Å². The van der Waals surface area contributed by atoms with Gasteiger partial charge in [-0.3, -0.25) is 4.79 Å². The molecule has 0 aromatic carbocycles. The van der Waals surface area contributed by atoms with Gasteiger partial charge in [0.15, 0.2) is 0 Å². The van der Waals surface area contributed by atoms with Crippen molar-refractivity contribution in [1.82, 2.24) is 0 Å². The molecule has 0 aliphatic carbocycles. The van der Waals surface area contributed by atoms with Crippen LogP contribution in [0.15, 0.2) is 72.9 Å². The summed E-state index contributed by atoms with van der Waals surface area (Å²) < 4.78 is 14.5. The minimum atomic E-state index is -2.18. The minimum Gasteiger partial charge on any atom is -0.481 e. The predicted octanol–water partition coefficient (Wildman–Crippen LogP) is 6.55. The zero-order chi connectivity index (χ0) is 19.5. The zero-order valence-corrected chi connectivity index (χ0v) is 14.7. The highest BCUT2D eigenvalue weighted by Gasteiger charge is 1.90. The Hall–Kier alpha value is -2.09. The van der Waals surface area contributed by atoms with E-state index >= 15 is 0 Å². The Balaban J connectivity index is 3.69. The minimum absolute atomic E-state index is 0.104. The van der Waals surface area contributed by atoms with E-state index in [9.17, 15) is 4.79 Å². The first-order chi connectivity index (χ1) is 12.5. The molecular weight excluding hydrogens is 298 g/mol. The Morgan fingerprint density at radius 1 is 0.708 bits per heavy atom. The van der Waals surface area contributed by atoms with E-state index in [4.69, 9.17) is 7.85 Å². The maximum absolute atomic E-state index is 10.6. The van der Waals surface area contributed by atoms with Crippen molar-refractivity contribution in [3.63, 3.8) is 0 Å². The van der Waals surface area contributed by atoms with Crippen LogP contribution in [-0.2, 0) is 4.79 Å². The van der Waals surface area contributed by atoms with Gasteiger partial charge in [-0.1, -0.05) is 79.8 Å². The summed E-state index contributed by atoms with van der Waals surface area (Å²) in [7, 11) is 0. The van der Waals surface area contributed by atoms with Crippen LogP contribution in [0.3, 0.4) is 0 Å². The van der Waals surface area contributed by atoms with Crippen molar-refractivity contribution in [1.29, 1.82) is 0 Å². The van der Waals surface area contributed by atoms with Crippen molar-refractivity contribution < 1.29 is 12.6 Å². The molecule has 1 N–H and O–H groups in total. The lowest BCUT2D eigenvalue weighted by molar-refractivity contribution is -0.136. The number of rotatable bonds is 14. The lowest BCUT2D eigenvalue weighted by Gasteiger charge is -1.87. The van der Waals surface area contributed by atoms with Crippen LogP contribution in [0.25, 0.3) is 0 Å². The standard InChI is InChI=1S/C22H32O2/c1-2-3-4-5-6-7-8-9-10-11-12-13-14-15-16-17-18-19-20-21-22(23)24/h3-4,6-7,9-10,12-13,15-16,18-19H,2,5,8,11,14,17,20-21H2,1H3,(H,23,24)/b4-3-,7-6-,10-9-,13-12-,16-15-,19-18-/i21+1D2,22+1. The summed E-state index contributed by atoms with van der Waals surface area (Å²) in [6, 6.07) is 0. The van der Waals surface area contributed by atoms with Crippen molar-refractivity contribution in [2.45, 2.75) is 58.2 Å². The van der Waals surface area contributed by atoms with Crippen LogP contribution in [0, 0.1) is 0 Å². The molecule has 0 fully saturated rings. The van der Waals surface area contributed by atoms with Gasteiger partial charge >= 0.3 is 5.97 Å². The molecule has 2 heteroatoms. The number of aliphatic carboxylic acids is 1. The van der Waals surface area contributed by atoms with E-state index in [1.165, 1.54) is 0 Å². The van der Waals surface area contributed by atoms with Gasteiger partial charge in [0.05, 0.1) is 0 Å². The Morgan fingerprint density at radius 3 is 1.38 bits per heavy atom. The largest absolute Gasteiger partial charge is 0.481 e. The maximum Gasteiger partial charge on any atom is 0.303 e. The highest BCUT2D eigenvalue weighted by Crippen LogP contribution is 1.97. The van der Waals surface area contributed by atoms with Gasteiger partial charge in [0, 0.05) is 9.11 Å². The van der Waals surface area contributed by atoms with Crippen LogP contribution < -0.4 is 0 Å². The van der Waals surface area contributed by atoms with E-state index in [-0.39, 0.29) is 6.42 Å². The second kappa shape index (κ2) is 19.0. The summed E-state index contributed by atoms with van der Waals surface area (Å²) in [5, 5.41) is 8.64. The van der Waals surface area contributed by atoms with E-state index in [0.29, 0.717) is 6.42 Å². The topological polar surface area (TPSA) is 37.3 Å². The van der Waals surface area contributed by atoms with E-state index in [2.05, 4.69) is 55.5 Å². The summed E-state index contributed by atoms with van der Waals surface area (Å²) in [5.74, 6) is -1.42. The highest BCUT2D eigenvalue weighted by molar-refractivity contribution is 5.66. The molecule has 0 saturated heterocycles. The maximum atomic E-state index is 10.6. The average molecular weight is 332 g/mol. The second-order valence-electron chi connectivity index (χ2n) is 5.10. The molecule has 0 heterocycles. The van der Waals surface area contributed by atoms with Crippen LogP contribution in [0.2, 0.25) is 0 Å². The molecule has 0 amide bonds. The van der Waals surface area contributed by atoms with Crippen molar-refractivity contribution in [2.24, 2.45) is 0 Å². The molecule has 0 aliphatic rings. The molecule has 0 aromatic heterocycles. The van der Waals surface area contributed by atoms with Gasteiger partial charge < -0.3 is 5.11 Å². The quantitative estimate of drug-likeness (QED) is 0.289. The lowest BCUT2D eigenvalue weighted by atomic mass is 10.2. The predicted molar refractivity (Wildman–Crippen MR) is 105 cm³/mol. The number of carbonyl (C=O) groups is 1. The molecule has 0 radical (unpaired) electrons. The Bertz CT molecular complexity index is 538. The van der Waals surface area contributed by atoms with E-state index in [1.54, 1.807) is 12.2 Å². The van der Waals surface area contributed by atoms with E-state index in [1.807, 2.05) is 12.2 Å². The fourth-order valence-corrected chi connectivity index (χ4v) is 1.75. The van der Waals surface area contributed by atoms with Gasteiger partial charge in [-0.15, -0.1) is 0 Å². The van der Waals surface area contributed by atoms with Crippen LogP contribution in [0.1, 0.15) is 61.0 Å². The number of carboxylic acid groups (broad SMARTS) is 1. The third kappa shape index (κ3) is 19.9. The van der Waals surface area contributed by atoms with Crippen LogP contribution in [0.4, 0.5) is 0 Å². The molecule has 0 aliphatic heterocycles. The van der Waals surface area contributed by atoms with E-state index < -0.39 is 12.3 Å². The fourth-order valence-electron chi connectivity index (χ4n) is 1.75. The Morgan fingerprint density at radius 2 is 1.04 bits per heavy atom. The molecule has 0 rings (SSSR count). The van der Waals surface area contributed by atoms with Crippen LogP contribution in [0.5, 0.6) is 0 Å². The average Bonchev–Trinajstić information content (AvgIpc) is 2.60. The molecule has 2 nitrogen and oxygen atoms in total. The van der Waals surface area contributed by atoms with Gasteiger partial charge in [0.25, 0.3) is 0 Å². The highest BCUT2D eigenvalue weighted by atomic mass is 16.5. The normalized spacial score (nSPS) is 14.9. The zero-order valence-electron chi connectivity index (χ0n) is 16.7. The summed E-state index contributed by atoms with van der Waals surface area (Å²) in [6.07, 6.45) is 28.0. The third-order valence-electron chi connectivity index (χ3n) is 2.97. The first kappa shape index (κ1) is 18.3. The number of hydrogen-bond donors (Lipinski definition) is 1. The fraction of sp³-hybridized carbons (Fsp3) is 0.409. The van der Waals surface area contributed by atoms with Crippen LogP contribution >= 0.6 is 0 Å². The summed E-state index contributed by atoms with van der Waals surface area (Å²) in [6.45, 7) is 2.14. The molecule has 0 spiro atoms. The first-order valence-corrected chi connectivity index (χ1v) is 8.64. The van der Waals surface area contributed by atoms with Gasteiger partial charge in [-0.25, -0.2) is 0 Å². The molecule has 0 aromatic rings.